The molecule has 142 valence electrons. The maximum Gasteiger partial charge on any atom is 0.262 e. The van der Waals surface area contributed by atoms with Gasteiger partial charge in [-0.1, -0.05) is 18.5 Å². The number of ether oxygens (including phenoxy) is 1. The van der Waals surface area contributed by atoms with Crippen molar-refractivity contribution in [2.24, 2.45) is 0 Å². The molecular formula is C21H23ClN2O3. The van der Waals surface area contributed by atoms with E-state index in [9.17, 15) is 9.59 Å². The number of nitrogens with zero attached hydrogens (tertiary/aromatic N) is 1. The molecule has 0 spiro atoms. The molecule has 2 aromatic carbocycles. The zero-order valence-electron chi connectivity index (χ0n) is 15.5. The largest absolute Gasteiger partial charge is 0.484 e. The molecule has 0 saturated heterocycles. The molecule has 0 unspecified atom stereocenters. The summed E-state index contributed by atoms with van der Waals surface area (Å²) < 4.78 is 5.53. The Morgan fingerprint density at radius 3 is 2.78 bits per heavy atom. The first-order chi connectivity index (χ1) is 13.0. The van der Waals surface area contributed by atoms with E-state index in [1.807, 2.05) is 30.0 Å². The van der Waals surface area contributed by atoms with Gasteiger partial charge in [0.2, 0.25) is 5.91 Å². The number of fused-ring (bicyclic) bond motifs is 1. The Morgan fingerprint density at radius 1 is 1.22 bits per heavy atom. The minimum absolute atomic E-state index is 0.0847. The molecule has 1 aliphatic rings. The van der Waals surface area contributed by atoms with Gasteiger partial charge >= 0.3 is 0 Å². The minimum Gasteiger partial charge on any atom is -0.484 e. The van der Waals surface area contributed by atoms with Crippen molar-refractivity contribution in [2.45, 2.75) is 33.1 Å². The van der Waals surface area contributed by atoms with Crippen molar-refractivity contribution in [3.05, 3.63) is 52.5 Å². The summed E-state index contributed by atoms with van der Waals surface area (Å²) in [4.78, 5) is 26.1. The summed E-state index contributed by atoms with van der Waals surface area (Å²) in [6.45, 7) is 4.57. The fourth-order valence-corrected chi connectivity index (χ4v) is 3.28. The highest BCUT2D eigenvalue weighted by atomic mass is 35.5. The average molecular weight is 387 g/mol. The molecular weight excluding hydrogens is 364 g/mol. The number of rotatable bonds is 6. The summed E-state index contributed by atoms with van der Waals surface area (Å²) in [6.07, 6.45) is 2.10. The van der Waals surface area contributed by atoms with E-state index in [2.05, 4.69) is 12.2 Å². The van der Waals surface area contributed by atoms with E-state index in [1.54, 1.807) is 18.2 Å². The van der Waals surface area contributed by atoms with Crippen molar-refractivity contribution < 1.29 is 14.3 Å². The molecule has 0 aliphatic carbocycles. The molecule has 1 heterocycles. The Hall–Kier alpha value is -2.53. The van der Waals surface area contributed by atoms with Gasteiger partial charge in [-0.15, -0.1) is 0 Å². The van der Waals surface area contributed by atoms with E-state index >= 15 is 0 Å². The van der Waals surface area contributed by atoms with Crippen LogP contribution in [0, 0.1) is 6.92 Å². The number of carbonyl (C=O) groups excluding carboxylic acids is 2. The molecule has 5 nitrogen and oxygen atoms in total. The maximum absolute atomic E-state index is 12.2. The second-order valence-corrected chi connectivity index (χ2v) is 7.04. The second kappa shape index (κ2) is 8.44. The predicted molar refractivity (Wildman–Crippen MR) is 108 cm³/mol. The highest BCUT2D eigenvalue weighted by Crippen LogP contribution is 2.30. The molecule has 27 heavy (non-hydrogen) atoms. The molecule has 0 aromatic heterocycles. The predicted octanol–water partition coefficient (Wildman–Crippen LogP) is 4.36. The van der Waals surface area contributed by atoms with Gasteiger partial charge in [0.05, 0.1) is 0 Å². The van der Waals surface area contributed by atoms with Gasteiger partial charge in [0.25, 0.3) is 5.91 Å². The third-order valence-electron chi connectivity index (χ3n) is 4.51. The number of aryl methyl sites for hydroxylation is 2. The van der Waals surface area contributed by atoms with Crippen molar-refractivity contribution in [3.63, 3.8) is 0 Å². The number of hydrogen-bond acceptors (Lipinski definition) is 3. The summed E-state index contributed by atoms with van der Waals surface area (Å²) in [7, 11) is 0. The Bertz CT molecular complexity index is 867. The normalized spacial score (nSPS) is 13.3. The summed E-state index contributed by atoms with van der Waals surface area (Å²) in [6, 6.07) is 11.0. The third kappa shape index (κ3) is 4.61. The molecule has 0 bridgehead atoms. The van der Waals surface area contributed by atoms with Gasteiger partial charge < -0.3 is 15.0 Å². The van der Waals surface area contributed by atoms with E-state index < -0.39 is 0 Å². The number of carbonyl (C=O) groups is 2. The van der Waals surface area contributed by atoms with E-state index in [-0.39, 0.29) is 18.4 Å². The second-order valence-electron chi connectivity index (χ2n) is 6.64. The monoisotopic (exact) mass is 386 g/mol. The number of hydrogen-bond donors (Lipinski definition) is 1. The molecule has 0 atom stereocenters. The van der Waals surface area contributed by atoms with Crippen LogP contribution in [0.25, 0.3) is 0 Å². The van der Waals surface area contributed by atoms with Crippen molar-refractivity contribution in [1.29, 1.82) is 0 Å². The molecule has 6 heteroatoms. The van der Waals surface area contributed by atoms with Crippen molar-refractivity contribution in [2.75, 3.05) is 23.4 Å². The van der Waals surface area contributed by atoms with Crippen LogP contribution in [0.4, 0.5) is 11.4 Å². The van der Waals surface area contributed by atoms with Gasteiger partial charge in [-0.25, -0.2) is 0 Å². The van der Waals surface area contributed by atoms with Crippen molar-refractivity contribution >= 4 is 34.8 Å². The zero-order valence-corrected chi connectivity index (χ0v) is 16.3. The van der Waals surface area contributed by atoms with Gasteiger partial charge in [-0.2, -0.15) is 0 Å². The fraction of sp³-hybridized carbons (Fsp3) is 0.333. The van der Waals surface area contributed by atoms with Crippen LogP contribution < -0.4 is 15.0 Å². The highest BCUT2D eigenvalue weighted by Gasteiger charge is 2.23. The highest BCUT2D eigenvalue weighted by molar-refractivity contribution is 6.31. The van der Waals surface area contributed by atoms with Crippen LogP contribution >= 0.6 is 11.6 Å². The lowest BCUT2D eigenvalue weighted by Crippen LogP contribution is -2.35. The molecule has 2 amide bonds. The maximum atomic E-state index is 12.2. The van der Waals surface area contributed by atoms with E-state index in [1.165, 1.54) is 0 Å². The van der Waals surface area contributed by atoms with Gasteiger partial charge in [0.1, 0.15) is 5.75 Å². The van der Waals surface area contributed by atoms with E-state index in [0.29, 0.717) is 35.8 Å². The van der Waals surface area contributed by atoms with Crippen molar-refractivity contribution in [1.82, 2.24) is 0 Å². The standard InChI is InChI=1S/C21H23ClN2O3/c1-3-10-24-19-8-5-16(12-15(19)4-9-21(24)26)23-20(25)13-27-17-6-7-18(22)14(2)11-17/h5-8,11-12H,3-4,9-10,13H2,1-2H3,(H,23,25). The van der Waals surface area contributed by atoms with Crippen LogP contribution in [0.5, 0.6) is 5.75 Å². The first-order valence-corrected chi connectivity index (χ1v) is 9.48. The number of halogens is 1. The van der Waals surface area contributed by atoms with E-state index in [4.69, 9.17) is 16.3 Å². The Morgan fingerprint density at radius 2 is 2.04 bits per heavy atom. The number of benzene rings is 2. The smallest absolute Gasteiger partial charge is 0.262 e. The van der Waals surface area contributed by atoms with Crippen LogP contribution in [-0.2, 0) is 16.0 Å². The summed E-state index contributed by atoms with van der Waals surface area (Å²) in [5.41, 5.74) is 3.63. The molecule has 0 radical (unpaired) electrons. The quantitative estimate of drug-likeness (QED) is 0.802. The van der Waals surface area contributed by atoms with Crippen LogP contribution in [-0.4, -0.2) is 25.0 Å². The summed E-state index contributed by atoms with van der Waals surface area (Å²) in [5, 5.41) is 3.52. The SMILES string of the molecule is CCCN1C(=O)CCc2cc(NC(=O)COc3ccc(Cl)c(C)c3)ccc21. The summed E-state index contributed by atoms with van der Waals surface area (Å²) >= 11 is 5.99. The Labute approximate surface area is 164 Å². The van der Waals surface area contributed by atoms with Gasteiger partial charge in [0.15, 0.2) is 6.61 Å². The minimum atomic E-state index is -0.236. The molecule has 1 N–H and O–H groups in total. The molecule has 1 aliphatic heterocycles. The third-order valence-corrected chi connectivity index (χ3v) is 4.93. The molecule has 0 fully saturated rings. The van der Waals surface area contributed by atoms with Gasteiger partial charge in [-0.3, -0.25) is 9.59 Å². The lowest BCUT2D eigenvalue weighted by molar-refractivity contribution is -0.119. The first-order valence-electron chi connectivity index (χ1n) is 9.10. The van der Waals surface area contributed by atoms with Crippen LogP contribution in [0.1, 0.15) is 30.9 Å². The van der Waals surface area contributed by atoms with Crippen molar-refractivity contribution in [3.8, 4) is 5.75 Å². The van der Waals surface area contributed by atoms with Gasteiger partial charge in [0, 0.05) is 29.4 Å². The number of anilines is 2. The number of amides is 2. The topological polar surface area (TPSA) is 58.6 Å². The average Bonchev–Trinajstić information content (AvgIpc) is 2.65. The summed E-state index contributed by atoms with van der Waals surface area (Å²) in [5.74, 6) is 0.527. The number of nitrogens with one attached hydrogen (secondary N) is 1. The molecule has 0 saturated carbocycles. The lowest BCUT2D eigenvalue weighted by Gasteiger charge is -2.29. The Balaban J connectivity index is 1.63. The Kier molecular flexibility index (Phi) is 6.01. The molecule has 2 aromatic rings. The molecule has 3 rings (SSSR count). The fourth-order valence-electron chi connectivity index (χ4n) is 3.16. The lowest BCUT2D eigenvalue weighted by atomic mass is 10.00. The zero-order chi connectivity index (χ0) is 19.4. The van der Waals surface area contributed by atoms with E-state index in [0.717, 1.165) is 23.2 Å². The van der Waals surface area contributed by atoms with Crippen LogP contribution in [0.2, 0.25) is 5.02 Å². The first kappa shape index (κ1) is 19.2. The van der Waals surface area contributed by atoms with Crippen LogP contribution in [0.3, 0.4) is 0 Å². The van der Waals surface area contributed by atoms with Gasteiger partial charge in [-0.05, 0) is 67.3 Å². The van der Waals surface area contributed by atoms with Crippen LogP contribution in [0.15, 0.2) is 36.4 Å².